The Morgan fingerprint density at radius 2 is 2.17 bits per heavy atom. The minimum atomic E-state index is -0.343. The van der Waals surface area contributed by atoms with Crippen LogP contribution in [0.25, 0.3) is 0 Å². The van der Waals surface area contributed by atoms with Gasteiger partial charge in [-0.05, 0) is 49.2 Å². The van der Waals surface area contributed by atoms with E-state index in [0.29, 0.717) is 17.9 Å². The highest BCUT2D eigenvalue weighted by Crippen LogP contribution is 2.20. The van der Waals surface area contributed by atoms with Crippen LogP contribution in [0.4, 0.5) is 5.82 Å². The van der Waals surface area contributed by atoms with Gasteiger partial charge in [-0.2, -0.15) is 0 Å². The topological polar surface area (TPSA) is 80.7 Å². The number of nitrogens with zero attached hydrogens (tertiary/aromatic N) is 1. The highest BCUT2D eigenvalue weighted by Gasteiger charge is 2.16. The van der Waals surface area contributed by atoms with Crippen molar-refractivity contribution >= 4 is 11.7 Å². The van der Waals surface area contributed by atoms with Crippen molar-refractivity contribution in [2.75, 3.05) is 18.5 Å². The van der Waals surface area contributed by atoms with Crippen LogP contribution in [0.15, 0.2) is 42.6 Å². The molecule has 1 saturated heterocycles. The van der Waals surface area contributed by atoms with Crippen LogP contribution in [0, 0.1) is 0 Å². The molecule has 0 saturated carbocycles. The molecule has 0 radical (unpaired) electrons. The maximum atomic E-state index is 12.1. The Morgan fingerprint density at radius 3 is 2.87 bits per heavy atom. The lowest BCUT2D eigenvalue weighted by molar-refractivity contribution is 0.0679. The third-order valence-corrected chi connectivity index (χ3v) is 3.59. The second-order valence-electron chi connectivity index (χ2n) is 5.30. The number of aromatic nitrogens is 1. The van der Waals surface area contributed by atoms with Gasteiger partial charge in [0.2, 0.25) is 0 Å². The molecule has 1 fully saturated rings. The van der Waals surface area contributed by atoms with E-state index in [2.05, 4.69) is 10.3 Å². The summed E-state index contributed by atoms with van der Waals surface area (Å²) in [6.07, 6.45) is 3.75. The molecule has 1 atom stereocenters. The number of hydrogen-bond donors (Lipinski definition) is 2. The summed E-state index contributed by atoms with van der Waals surface area (Å²) in [6.45, 7) is 1.32. The first kappa shape index (κ1) is 15.3. The Kier molecular flexibility index (Phi) is 4.73. The highest BCUT2D eigenvalue weighted by atomic mass is 16.5. The maximum Gasteiger partial charge on any atom is 0.256 e. The van der Waals surface area contributed by atoms with Gasteiger partial charge < -0.3 is 19.9 Å². The predicted octanol–water partition coefficient (Wildman–Crippen LogP) is 2.60. The minimum Gasteiger partial charge on any atom is -0.504 e. The molecular formula is C17H18N2O4. The molecule has 1 aromatic heterocycles. The molecule has 2 heterocycles. The van der Waals surface area contributed by atoms with Crippen molar-refractivity contribution in [2.45, 2.75) is 18.9 Å². The molecular weight excluding hydrogens is 296 g/mol. The second-order valence-corrected chi connectivity index (χ2v) is 5.30. The van der Waals surface area contributed by atoms with Crippen molar-refractivity contribution in [3.8, 4) is 11.5 Å². The van der Waals surface area contributed by atoms with Crippen molar-refractivity contribution < 1.29 is 19.4 Å². The van der Waals surface area contributed by atoms with Crippen molar-refractivity contribution in [1.29, 1.82) is 0 Å². The summed E-state index contributed by atoms with van der Waals surface area (Å²) in [7, 11) is 0. The van der Waals surface area contributed by atoms with Crippen LogP contribution in [-0.2, 0) is 4.74 Å². The summed E-state index contributed by atoms with van der Waals surface area (Å²) in [5.41, 5.74) is 0.458. The Hall–Kier alpha value is -2.60. The Bertz CT molecular complexity index is 667. The van der Waals surface area contributed by atoms with E-state index < -0.39 is 0 Å². The molecule has 0 unspecified atom stereocenters. The molecule has 1 aliphatic heterocycles. The number of carbonyl (C=O) groups excluding carboxylic acids is 1. The largest absolute Gasteiger partial charge is 0.504 e. The summed E-state index contributed by atoms with van der Waals surface area (Å²) < 4.78 is 11.1. The number of rotatable bonds is 5. The fraction of sp³-hybridized carbons (Fsp3) is 0.294. The van der Waals surface area contributed by atoms with Gasteiger partial charge in [0.1, 0.15) is 12.4 Å². The van der Waals surface area contributed by atoms with Crippen LogP contribution in [0.3, 0.4) is 0 Å². The van der Waals surface area contributed by atoms with Crippen molar-refractivity contribution in [3.05, 3.63) is 48.2 Å². The molecule has 1 aromatic carbocycles. The number of carbonyl (C=O) groups is 1. The van der Waals surface area contributed by atoms with Gasteiger partial charge in [0.05, 0.1) is 6.10 Å². The smallest absolute Gasteiger partial charge is 0.256 e. The molecule has 1 aliphatic rings. The van der Waals surface area contributed by atoms with E-state index in [1.807, 2.05) is 0 Å². The predicted molar refractivity (Wildman–Crippen MR) is 84.8 cm³/mol. The number of hydrogen-bond acceptors (Lipinski definition) is 5. The van der Waals surface area contributed by atoms with Crippen LogP contribution in [-0.4, -0.2) is 35.3 Å². The van der Waals surface area contributed by atoms with E-state index >= 15 is 0 Å². The average Bonchev–Trinajstić information content (AvgIpc) is 3.09. The van der Waals surface area contributed by atoms with Crippen LogP contribution < -0.4 is 10.1 Å². The minimum absolute atomic E-state index is 0.0719. The number of benzene rings is 1. The molecule has 3 rings (SSSR count). The van der Waals surface area contributed by atoms with E-state index in [1.54, 1.807) is 30.3 Å². The van der Waals surface area contributed by atoms with Gasteiger partial charge in [-0.15, -0.1) is 0 Å². The molecule has 120 valence electrons. The first-order valence-corrected chi connectivity index (χ1v) is 7.52. The number of amides is 1. The first-order valence-electron chi connectivity index (χ1n) is 7.52. The fourth-order valence-corrected chi connectivity index (χ4v) is 2.34. The Morgan fingerprint density at radius 1 is 1.35 bits per heavy atom. The molecule has 23 heavy (non-hydrogen) atoms. The zero-order valence-electron chi connectivity index (χ0n) is 12.6. The summed E-state index contributed by atoms with van der Waals surface area (Å²) >= 11 is 0. The van der Waals surface area contributed by atoms with Crippen molar-refractivity contribution in [2.24, 2.45) is 0 Å². The summed E-state index contributed by atoms with van der Waals surface area (Å²) in [6, 6.07) is 9.86. The molecule has 0 spiro atoms. The third kappa shape index (κ3) is 3.98. The molecule has 2 aromatic rings. The molecule has 2 N–H and O–H groups in total. The zero-order chi connectivity index (χ0) is 16.1. The lowest BCUT2D eigenvalue weighted by Gasteiger charge is -2.11. The van der Waals surface area contributed by atoms with E-state index in [0.717, 1.165) is 19.4 Å². The third-order valence-electron chi connectivity index (χ3n) is 3.59. The second kappa shape index (κ2) is 7.11. The van der Waals surface area contributed by atoms with Crippen LogP contribution in [0.2, 0.25) is 0 Å². The van der Waals surface area contributed by atoms with Crippen LogP contribution in [0.5, 0.6) is 11.5 Å². The van der Waals surface area contributed by atoms with E-state index in [-0.39, 0.29) is 23.6 Å². The Labute approximate surface area is 134 Å². The van der Waals surface area contributed by atoms with E-state index in [9.17, 15) is 9.90 Å². The summed E-state index contributed by atoms with van der Waals surface area (Å²) in [5.74, 6) is 0.413. The fourth-order valence-electron chi connectivity index (χ4n) is 2.34. The average molecular weight is 314 g/mol. The van der Waals surface area contributed by atoms with Gasteiger partial charge in [-0.3, -0.25) is 4.79 Å². The Balaban J connectivity index is 1.57. The lowest BCUT2D eigenvalue weighted by atomic mass is 10.2. The zero-order valence-corrected chi connectivity index (χ0v) is 12.6. The lowest BCUT2D eigenvalue weighted by Crippen LogP contribution is -2.16. The van der Waals surface area contributed by atoms with Crippen molar-refractivity contribution in [1.82, 2.24) is 4.98 Å². The molecule has 6 nitrogen and oxygen atoms in total. The normalized spacial score (nSPS) is 17.0. The molecule has 0 bridgehead atoms. The summed E-state index contributed by atoms with van der Waals surface area (Å²) in [5, 5.41) is 12.2. The number of pyridine rings is 1. The van der Waals surface area contributed by atoms with Crippen LogP contribution in [0.1, 0.15) is 23.2 Å². The quantitative estimate of drug-likeness (QED) is 0.886. The first-order chi connectivity index (χ1) is 11.2. The number of nitrogens with one attached hydrogen (secondary N) is 1. The van der Waals surface area contributed by atoms with Gasteiger partial charge in [0.15, 0.2) is 11.6 Å². The van der Waals surface area contributed by atoms with Crippen LogP contribution >= 0.6 is 0 Å². The number of anilines is 1. The van der Waals surface area contributed by atoms with Gasteiger partial charge in [-0.25, -0.2) is 4.98 Å². The molecule has 0 aliphatic carbocycles. The standard InChI is InChI=1S/C17H18N2O4/c20-15-4-1-9-18-16(15)19-17(21)12-5-7-13(8-6-12)23-11-14-3-2-10-22-14/h1,4-9,14,20H,2-3,10-11H2,(H,18,19,21)/t14-/m1/s1. The SMILES string of the molecule is O=C(Nc1ncccc1O)c1ccc(OC[C@H]2CCCO2)cc1. The maximum absolute atomic E-state index is 12.1. The van der Waals surface area contributed by atoms with Gasteiger partial charge in [0.25, 0.3) is 5.91 Å². The highest BCUT2D eigenvalue weighted by molar-refractivity contribution is 6.04. The number of aromatic hydroxyl groups is 1. The van der Waals surface area contributed by atoms with Crippen molar-refractivity contribution in [3.63, 3.8) is 0 Å². The summed E-state index contributed by atoms with van der Waals surface area (Å²) in [4.78, 5) is 16.0. The van der Waals surface area contributed by atoms with Gasteiger partial charge in [-0.1, -0.05) is 0 Å². The molecule has 6 heteroatoms. The van der Waals surface area contributed by atoms with E-state index in [1.165, 1.54) is 12.3 Å². The van der Waals surface area contributed by atoms with E-state index in [4.69, 9.17) is 9.47 Å². The number of ether oxygens (including phenoxy) is 2. The van der Waals surface area contributed by atoms with Gasteiger partial charge in [0, 0.05) is 18.4 Å². The van der Waals surface area contributed by atoms with Gasteiger partial charge >= 0.3 is 0 Å². The monoisotopic (exact) mass is 314 g/mol. The molecule has 1 amide bonds.